The fourth-order valence-corrected chi connectivity index (χ4v) is 3.42. The molecule has 2 N–H and O–H groups in total. The summed E-state index contributed by atoms with van der Waals surface area (Å²) in [6.07, 6.45) is 2.31. The topological polar surface area (TPSA) is 102 Å². The Hall–Kier alpha value is -1.94. The first kappa shape index (κ1) is 17.9. The van der Waals surface area contributed by atoms with Crippen LogP contribution >= 0.6 is 11.6 Å². The third kappa shape index (κ3) is 3.69. The van der Waals surface area contributed by atoms with Crippen molar-refractivity contribution in [3.63, 3.8) is 0 Å². The highest BCUT2D eigenvalue weighted by Crippen LogP contribution is 2.49. The van der Waals surface area contributed by atoms with Crippen molar-refractivity contribution in [1.82, 2.24) is 15.1 Å². The Morgan fingerprint density at radius 3 is 2.76 bits per heavy atom. The average Bonchev–Trinajstić information content (AvgIpc) is 2.52. The number of rotatable bonds is 5. The summed E-state index contributed by atoms with van der Waals surface area (Å²) in [5, 5.41) is 13.1. The van der Waals surface area contributed by atoms with Crippen molar-refractivity contribution >= 4 is 33.0 Å². The van der Waals surface area contributed by atoms with Gasteiger partial charge in [-0.3, -0.25) is 0 Å². The number of ether oxygens (including phenoxy) is 1. The van der Waals surface area contributed by atoms with Crippen LogP contribution in [0, 0.1) is 0 Å². The zero-order valence-electron chi connectivity index (χ0n) is 13.8. The molecule has 25 heavy (non-hydrogen) atoms. The lowest BCUT2D eigenvalue weighted by Crippen LogP contribution is -2.26. The molecule has 0 aliphatic carbocycles. The second-order valence-electron chi connectivity index (χ2n) is 5.93. The number of nitrogens with two attached hydrogens (primary N) is 1. The summed E-state index contributed by atoms with van der Waals surface area (Å²) in [6, 6.07) is 4.51. The van der Waals surface area contributed by atoms with E-state index >= 15 is 0 Å². The molecule has 0 atom stereocenters. The van der Waals surface area contributed by atoms with Gasteiger partial charge in [-0.25, -0.2) is 13.6 Å². The lowest BCUT2D eigenvalue weighted by atomic mass is 10.2. The number of primary sulfonamides is 1. The molecule has 2 aromatic rings. The minimum absolute atomic E-state index is 0.0175. The van der Waals surface area contributed by atoms with Crippen molar-refractivity contribution < 1.29 is 13.2 Å². The average molecular weight is 384 g/mol. The predicted molar refractivity (Wildman–Crippen MR) is 95.1 cm³/mol. The van der Waals surface area contributed by atoms with Crippen LogP contribution in [-0.4, -0.2) is 50.7 Å². The van der Waals surface area contributed by atoms with Crippen molar-refractivity contribution in [1.29, 1.82) is 0 Å². The summed E-state index contributed by atoms with van der Waals surface area (Å²) in [7, 11) is 0.169. The molecule has 0 amide bonds. The van der Waals surface area contributed by atoms with Crippen LogP contribution in [0.15, 0.2) is 29.3 Å². The highest BCUT2D eigenvalue weighted by Gasteiger charge is 2.28. The van der Waals surface area contributed by atoms with E-state index in [1.54, 1.807) is 6.07 Å². The summed E-state index contributed by atoms with van der Waals surface area (Å²) < 4.78 is 29.0. The van der Waals surface area contributed by atoms with Gasteiger partial charge < -0.3 is 14.5 Å². The van der Waals surface area contributed by atoms with Gasteiger partial charge in [0.1, 0.15) is 5.69 Å². The molecule has 10 heteroatoms. The predicted octanol–water partition coefficient (Wildman–Crippen LogP) is 1.97. The molecule has 0 unspecified atom stereocenters. The first-order valence-electron chi connectivity index (χ1n) is 7.55. The number of fused-ring (bicyclic) bond motifs is 2. The van der Waals surface area contributed by atoms with Crippen LogP contribution in [0.4, 0.5) is 11.4 Å². The Balaban J connectivity index is 2.05. The van der Waals surface area contributed by atoms with Gasteiger partial charge in [-0.15, -0.1) is 5.10 Å². The first-order chi connectivity index (χ1) is 11.8. The Morgan fingerprint density at radius 1 is 1.32 bits per heavy atom. The second kappa shape index (κ2) is 6.75. The smallest absolute Gasteiger partial charge is 0.238 e. The van der Waals surface area contributed by atoms with Crippen molar-refractivity contribution in [2.24, 2.45) is 5.14 Å². The van der Waals surface area contributed by atoms with Gasteiger partial charge in [0.2, 0.25) is 10.0 Å². The molecule has 8 nitrogen and oxygen atoms in total. The van der Waals surface area contributed by atoms with E-state index in [2.05, 4.69) is 15.1 Å². The molecule has 1 aromatic carbocycles. The number of hydrogen-bond donors (Lipinski definition) is 1. The third-order valence-electron chi connectivity index (χ3n) is 3.78. The van der Waals surface area contributed by atoms with Crippen LogP contribution in [0.1, 0.15) is 6.42 Å². The zero-order chi connectivity index (χ0) is 18.2. The Labute approximate surface area is 151 Å². The number of sulfonamides is 1. The fourth-order valence-electron chi connectivity index (χ4n) is 2.65. The van der Waals surface area contributed by atoms with E-state index in [9.17, 15) is 8.42 Å². The summed E-state index contributed by atoms with van der Waals surface area (Å²) in [5.74, 6) is 0.803. The molecule has 1 aliphatic heterocycles. The standard InChI is InChI=1S/C15H18ClN5O3S/c1-20(2)6-3-7-21-11-5-4-10(25(17,22)23)8-12(11)24-13-9-18-19-15(16)14(13)21/h4-5,8-9H,3,6-7H2,1-2H3,(H2,17,22,23). The van der Waals surface area contributed by atoms with E-state index in [-0.39, 0.29) is 10.0 Å². The molecular weight excluding hydrogens is 366 g/mol. The normalized spacial score (nSPS) is 13.4. The molecule has 0 fully saturated rings. The van der Waals surface area contributed by atoms with E-state index in [1.165, 1.54) is 18.3 Å². The molecule has 0 saturated heterocycles. The lowest BCUT2D eigenvalue weighted by Gasteiger charge is -2.33. The van der Waals surface area contributed by atoms with E-state index in [0.717, 1.165) is 13.0 Å². The third-order valence-corrected chi connectivity index (χ3v) is 4.94. The van der Waals surface area contributed by atoms with Crippen molar-refractivity contribution in [2.45, 2.75) is 11.3 Å². The highest BCUT2D eigenvalue weighted by atomic mass is 35.5. The molecular formula is C15H18ClN5O3S. The van der Waals surface area contributed by atoms with Gasteiger partial charge in [-0.05, 0) is 39.2 Å². The number of anilines is 2. The van der Waals surface area contributed by atoms with E-state index < -0.39 is 10.0 Å². The highest BCUT2D eigenvalue weighted by molar-refractivity contribution is 7.89. The summed E-state index contributed by atoms with van der Waals surface area (Å²) in [6.45, 7) is 1.54. The molecule has 1 aliphatic rings. The molecule has 0 spiro atoms. The molecule has 0 bridgehead atoms. The Kier molecular flexibility index (Phi) is 4.83. The van der Waals surface area contributed by atoms with Crippen LogP contribution in [0.25, 0.3) is 0 Å². The van der Waals surface area contributed by atoms with Crippen LogP contribution in [0.3, 0.4) is 0 Å². The number of benzene rings is 1. The molecule has 134 valence electrons. The van der Waals surface area contributed by atoms with Crippen LogP contribution in [0.2, 0.25) is 5.15 Å². The summed E-state index contributed by atoms with van der Waals surface area (Å²) >= 11 is 6.23. The minimum atomic E-state index is -3.83. The van der Waals surface area contributed by atoms with Crippen LogP contribution < -0.4 is 14.8 Å². The Bertz CT molecular complexity index is 904. The number of hydrogen-bond acceptors (Lipinski definition) is 7. The molecule has 0 radical (unpaired) electrons. The maximum atomic E-state index is 11.6. The van der Waals surface area contributed by atoms with E-state index in [0.29, 0.717) is 29.4 Å². The number of halogens is 1. The maximum Gasteiger partial charge on any atom is 0.238 e. The van der Waals surface area contributed by atoms with Crippen LogP contribution in [-0.2, 0) is 10.0 Å². The fraction of sp³-hybridized carbons (Fsp3) is 0.333. The maximum absolute atomic E-state index is 11.6. The van der Waals surface area contributed by atoms with Gasteiger partial charge in [0.25, 0.3) is 0 Å². The van der Waals surface area contributed by atoms with E-state index in [4.69, 9.17) is 21.5 Å². The van der Waals surface area contributed by atoms with Gasteiger partial charge in [-0.1, -0.05) is 11.6 Å². The minimum Gasteiger partial charge on any atom is -0.451 e. The molecule has 1 aromatic heterocycles. The lowest BCUT2D eigenvalue weighted by molar-refractivity contribution is 0.400. The van der Waals surface area contributed by atoms with Crippen molar-refractivity contribution in [3.8, 4) is 11.5 Å². The van der Waals surface area contributed by atoms with E-state index in [1.807, 2.05) is 19.0 Å². The SMILES string of the molecule is CN(C)CCCN1c2ccc(S(N)(=O)=O)cc2Oc2cnnc(Cl)c21. The largest absolute Gasteiger partial charge is 0.451 e. The monoisotopic (exact) mass is 383 g/mol. The quantitative estimate of drug-likeness (QED) is 0.842. The van der Waals surface area contributed by atoms with Crippen molar-refractivity contribution in [2.75, 3.05) is 32.1 Å². The van der Waals surface area contributed by atoms with Gasteiger partial charge in [0.05, 0.1) is 16.8 Å². The molecule has 0 saturated carbocycles. The number of aromatic nitrogens is 2. The first-order valence-corrected chi connectivity index (χ1v) is 9.48. The summed E-state index contributed by atoms with van der Waals surface area (Å²) in [4.78, 5) is 4.02. The van der Waals surface area contributed by atoms with Crippen molar-refractivity contribution in [3.05, 3.63) is 29.5 Å². The van der Waals surface area contributed by atoms with Gasteiger partial charge in [0.15, 0.2) is 16.7 Å². The van der Waals surface area contributed by atoms with Gasteiger partial charge in [-0.2, -0.15) is 5.10 Å². The van der Waals surface area contributed by atoms with Gasteiger partial charge in [0, 0.05) is 12.6 Å². The molecule has 2 heterocycles. The molecule has 3 rings (SSSR count). The second-order valence-corrected chi connectivity index (χ2v) is 7.85. The van der Waals surface area contributed by atoms with Gasteiger partial charge >= 0.3 is 0 Å². The zero-order valence-corrected chi connectivity index (χ0v) is 15.4. The Morgan fingerprint density at radius 2 is 2.08 bits per heavy atom. The number of nitrogens with zero attached hydrogens (tertiary/aromatic N) is 4. The summed E-state index contributed by atoms with van der Waals surface area (Å²) in [5.41, 5.74) is 1.32. The van der Waals surface area contributed by atoms with Crippen LogP contribution in [0.5, 0.6) is 11.5 Å².